The Morgan fingerprint density at radius 2 is 1.64 bits per heavy atom. The van der Waals surface area contributed by atoms with Crippen molar-refractivity contribution in [2.45, 2.75) is 6.54 Å². The minimum atomic E-state index is -0.619. The molecule has 0 amide bonds. The van der Waals surface area contributed by atoms with Gasteiger partial charge in [0.2, 0.25) is 11.7 Å². The van der Waals surface area contributed by atoms with Gasteiger partial charge in [-0.3, -0.25) is 29.6 Å². The SMILES string of the molecule is O=c1ccc([N+](=O)[O-])cn1Cc1nc(-c2ccc([N+](=O)[O-])cc2)no1. The third-order valence-corrected chi connectivity index (χ3v) is 3.29. The molecular formula is C14H9N5O6. The Hall–Kier alpha value is -3.89. The van der Waals surface area contributed by atoms with Gasteiger partial charge in [-0.15, -0.1) is 0 Å². The van der Waals surface area contributed by atoms with Crippen molar-refractivity contribution in [3.8, 4) is 11.4 Å². The van der Waals surface area contributed by atoms with E-state index < -0.39 is 15.4 Å². The molecule has 0 atom stereocenters. The molecule has 2 aromatic heterocycles. The smallest absolute Gasteiger partial charge is 0.285 e. The lowest BCUT2D eigenvalue weighted by Gasteiger charge is -2.00. The van der Waals surface area contributed by atoms with Gasteiger partial charge in [-0.25, -0.2) is 0 Å². The molecule has 0 radical (unpaired) electrons. The molecule has 0 saturated carbocycles. The first-order valence-electron chi connectivity index (χ1n) is 6.86. The largest absolute Gasteiger partial charge is 0.337 e. The average molecular weight is 343 g/mol. The van der Waals surface area contributed by atoms with Crippen LogP contribution in [0.25, 0.3) is 11.4 Å². The van der Waals surface area contributed by atoms with Gasteiger partial charge in [0.1, 0.15) is 6.54 Å². The second-order valence-corrected chi connectivity index (χ2v) is 4.93. The van der Waals surface area contributed by atoms with E-state index in [1.165, 1.54) is 24.3 Å². The van der Waals surface area contributed by atoms with Crippen LogP contribution in [0, 0.1) is 20.2 Å². The van der Waals surface area contributed by atoms with Crippen LogP contribution in [0.1, 0.15) is 5.89 Å². The number of nitro groups is 2. The van der Waals surface area contributed by atoms with Crippen LogP contribution < -0.4 is 5.56 Å². The number of rotatable bonds is 5. The molecule has 0 N–H and O–H groups in total. The highest BCUT2D eigenvalue weighted by atomic mass is 16.6. The van der Waals surface area contributed by atoms with Gasteiger partial charge in [0.05, 0.1) is 16.0 Å². The highest BCUT2D eigenvalue weighted by Gasteiger charge is 2.13. The topological polar surface area (TPSA) is 147 Å². The summed E-state index contributed by atoms with van der Waals surface area (Å²) in [6.45, 7) is -0.138. The summed E-state index contributed by atoms with van der Waals surface area (Å²) in [7, 11) is 0. The predicted octanol–water partition coefficient (Wildman–Crippen LogP) is 1.76. The van der Waals surface area contributed by atoms with Crippen LogP contribution in [-0.2, 0) is 6.54 Å². The molecule has 126 valence electrons. The first-order chi connectivity index (χ1) is 11.9. The Kier molecular flexibility index (Phi) is 4.04. The second-order valence-electron chi connectivity index (χ2n) is 4.93. The number of hydrogen-bond acceptors (Lipinski definition) is 8. The van der Waals surface area contributed by atoms with Crippen LogP contribution in [0.5, 0.6) is 0 Å². The molecule has 0 unspecified atom stereocenters. The van der Waals surface area contributed by atoms with E-state index in [0.717, 1.165) is 22.9 Å². The number of nitro benzene ring substituents is 1. The summed E-state index contributed by atoms with van der Waals surface area (Å²) in [6, 6.07) is 7.71. The van der Waals surface area contributed by atoms with Gasteiger partial charge in [-0.2, -0.15) is 4.98 Å². The molecule has 0 saturated heterocycles. The highest BCUT2D eigenvalue weighted by molar-refractivity contribution is 5.56. The van der Waals surface area contributed by atoms with Gasteiger partial charge in [0, 0.05) is 29.8 Å². The maximum atomic E-state index is 11.8. The van der Waals surface area contributed by atoms with Gasteiger partial charge in [0.25, 0.3) is 16.9 Å². The normalized spacial score (nSPS) is 10.6. The Labute approximate surface area is 138 Å². The lowest BCUT2D eigenvalue weighted by molar-refractivity contribution is -0.385. The van der Waals surface area contributed by atoms with Crippen molar-refractivity contribution in [1.29, 1.82) is 0 Å². The van der Waals surface area contributed by atoms with Crippen molar-refractivity contribution in [2.75, 3.05) is 0 Å². The van der Waals surface area contributed by atoms with Gasteiger partial charge in [0.15, 0.2) is 0 Å². The van der Waals surface area contributed by atoms with Crippen molar-refractivity contribution in [3.63, 3.8) is 0 Å². The minimum Gasteiger partial charge on any atom is -0.337 e. The fraction of sp³-hybridized carbons (Fsp3) is 0.0714. The molecule has 11 nitrogen and oxygen atoms in total. The van der Waals surface area contributed by atoms with Crippen LogP contribution in [0.3, 0.4) is 0 Å². The van der Waals surface area contributed by atoms with E-state index in [1.807, 2.05) is 0 Å². The molecule has 0 aliphatic carbocycles. The molecule has 3 aromatic rings. The zero-order chi connectivity index (χ0) is 18.0. The molecule has 0 aliphatic rings. The van der Waals surface area contributed by atoms with Gasteiger partial charge in [-0.1, -0.05) is 5.16 Å². The quantitative estimate of drug-likeness (QED) is 0.502. The van der Waals surface area contributed by atoms with E-state index in [0.29, 0.717) is 5.56 Å². The zero-order valence-electron chi connectivity index (χ0n) is 12.4. The number of benzene rings is 1. The van der Waals surface area contributed by atoms with Crippen molar-refractivity contribution >= 4 is 11.4 Å². The molecule has 0 fully saturated rings. The Morgan fingerprint density at radius 3 is 2.28 bits per heavy atom. The van der Waals surface area contributed by atoms with E-state index in [2.05, 4.69) is 10.1 Å². The molecule has 2 heterocycles. The first kappa shape index (κ1) is 16.0. The monoisotopic (exact) mass is 343 g/mol. The van der Waals surface area contributed by atoms with Crippen molar-refractivity contribution < 1.29 is 14.4 Å². The summed E-state index contributed by atoms with van der Waals surface area (Å²) < 4.78 is 6.11. The fourth-order valence-electron chi connectivity index (χ4n) is 2.06. The first-order valence-corrected chi connectivity index (χ1v) is 6.86. The Bertz CT molecular complexity index is 1010. The number of pyridine rings is 1. The van der Waals surface area contributed by atoms with E-state index in [1.54, 1.807) is 0 Å². The second kappa shape index (κ2) is 6.31. The molecule has 0 spiro atoms. The zero-order valence-corrected chi connectivity index (χ0v) is 12.4. The molecule has 25 heavy (non-hydrogen) atoms. The number of nitrogens with zero attached hydrogens (tertiary/aromatic N) is 5. The highest BCUT2D eigenvalue weighted by Crippen LogP contribution is 2.20. The minimum absolute atomic E-state index is 0.0657. The summed E-state index contributed by atoms with van der Waals surface area (Å²) in [5.74, 6) is 0.249. The van der Waals surface area contributed by atoms with E-state index >= 15 is 0 Å². The molecule has 3 rings (SSSR count). The van der Waals surface area contributed by atoms with E-state index in [4.69, 9.17) is 4.52 Å². The summed E-state index contributed by atoms with van der Waals surface area (Å²) >= 11 is 0. The number of non-ortho nitro benzene ring substituents is 1. The van der Waals surface area contributed by atoms with Crippen LogP contribution in [0.4, 0.5) is 11.4 Å². The van der Waals surface area contributed by atoms with Crippen LogP contribution >= 0.6 is 0 Å². The summed E-state index contributed by atoms with van der Waals surface area (Å²) in [5.41, 5.74) is -0.280. The molecule has 1 aromatic carbocycles. The maximum Gasteiger partial charge on any atom is 0.285 e. The average Bonchev–Trinajstić information content (AvgIpc) is 3.05. The maximum absolute atomic E-state index is 11.8. The van der Waals surface area contributed by atoms with Crippen LogP contribution in [0.2, 0.25) is 0 Å². The molecular weight excluding hydrogens is 334 g/mol. The number of hydrogen-bond donors (Lipinski definition) is 0. The van der Waals surface area contributed by atoms with E-state index in [9.17, 15) is 25.0 Å². The van der Waals surface area contributed by atoms with E-state index in [-0.39, 0.29) is 29.6 Å². The molecule has 0 aliphatic heterocycles. The molecule has 0 bridgehead atoms. The van der Waals surface area contributed by atoms with Gasteiger partial charge >= 0.3 is 0 Å². The standard InChI is InChI=1S/C14H9N5O6/c20-13-6-5-11(19(23)24)7-17(13)8-12-15-14(16-25-12)9-1-3-10(4-2-9)18(21)22/h1-7H,8H2. The van der Waals surface area contributed by atoms with Crippen molar-refractivity contribution in [3.05, 3.63) is 79.1 Å². The van der Waals surface area contributed by atoms with Crippen LogP contribution in [-0.4, -0.2) is 24.6 Å². The predicted molar refractivity (Wildman–Crippen MR) is 82.8 cm³/mol. The third kappa shape index (κ3) is 3.39. The van der Waals surface area contributed by atoms with Crippen LogP contribution in [0.15, 0.2) is 51.9 Å². The lowest BCUT2D eigenvalue weighted by Crippen LogP contribution is -2.19. The lowest BCUT2D eigenvalue weighted by atomic mass is 10.2. The Balaban J connectivity index is 1.85. The number of aromatic nitrogens is 3. The third-order valence-electron chi connectivity index (χ3n) is 3.29. The summed E-state index contributed by atoms with van der Waals surface area (Å²) in [5, 5.41) is 25.2. The summed E-state index contributed by atoms with van der Waals surface area (Å²) in [4.78, 5) is 36.1. The van der Waals surface area contributed by atoms with Crippen molar-refractivity contribution in [2.24, 2.45) is 0 Å². The van der Waals surface area contributed by atoms with Gasteiger partial charge in [-0.05, 0) is 12.1 Å². The fourth-order valence-corrected chi connectivity index (χ4v) is 2.06. The Morgan fingerprint density at radius 1 is 1.00 bits per heavy atom. The van der Waals surface area contributed by atoms with Crippen molar-refractivity contribution in [1.82, 2.24) is 14.7 Å². The van der Waals surface area contributed by atoms with Gasteiger partial charge < -0.3 is 4.52 Å². The summed E-state index contributed by atoms with van der Waals surface area (Å²) in [6.07, 6.45) is 1.08. The molecule has 11 heteroatoms.